The number of aromatic nitrogens is 2. The molecular weight excluding hydrogens is 323 g/mol. The SMILES string of the molecule is CC(=O)c1cc(F)cc2c(=O)n(C3CC3)c(C3(C)CCOCC3)nc12. The molecular formula is C19H21FN2O3. The first-order chi connectivity index (χ1) is 11.9. The number of ketones is 1. The van der Waals surface area contributed by atoms with Crippen LogP contribution in [0.3, 0.4) is 0 Å². The van der Waals surface area contributed by atoms with Gasteiger partial charge in [-0.3, -0.25) is 14.2 Å². The average molecular weight is 344 g/mol. The summed E-state index contributed by atoms with van der Waals surface area (Å²) in [4.78, 5) is 29.9. The molecule has 0 bridgehead atoms. The number of hydrogen-bond donors (Lipinski definition) is 0. The van der Waals surface area contributed by atoms with Crippen molar-refractivity contribution in [3.8, 4) is 0 Å². The summed E-state index contributed by atoms with van der Waals surface area (Å²) in [5.41, 5.74) is -0.0286. The van der Waals surface area contributed by atoms with Gasteiger partial charge >= 0.3 is 0 Å². The number of fused-ring (bicyclic) bond motifs is 1. The lowest BCUT2D eigenvalue weighted by Gasteiger charge is -2.34. The van der Waals surface area contributed by atoms with Crippen LogP contribution in [0.1, 0.15) is 61.8 Å². The lowest BCUT2D eigenvalue weighted by molar-refractivity contribution is 0.0518. The van der Waals surface area contributed by atoms with Crippen molar-refractivity contribution in [2.75, 3.05) is 13.2 Å². The van der Waals surface area contributed by atoms with Gasteiger partial charge in [0.1, 0.15) is 11.6 Å². The zero-order chi connectivity index (χ0) is 17.8. The Morgan fingerprint density at radius 3 is 2.60 bits per heavy atom. The molecule has 5 nitrogen and oxygen atoms in total. The lowest BCUT2D eigenvalue weighted by Crippen LogP contribution is -2.38. The molecule has 0 atom stereocenters. The molecule has 0 amide bonds. The molecule has 2 aliphatic rings. The van der Waals surface area contributed by atoms with Crippen LogP contribution in [-0.4, -0.2) is 28.5 Å². The van der Waals surface area contributed by atoms with Gasteiger partial charge in [0.25, 0.3) is 5.56 Å². The van der Waals surface area contributed by atoms with Crippen LogP contribution in [-0.2, 0) is 10.2 Å². The van der Waals surface area contributed by atoms with E-state index in [0.29, 0.717) is 24.6 Å². The third-order valence-corrected chi connectivity index (χ3v) is 5.40. The van der Waals surface area contributed by atoms with E-state index in [2.05, 4.69) is 6.92 Å². The van der Waals surface area contributed by atoms with E-state index in [1.54, 1.807) is 4.57 Å². The Labute approximate surface area is 144 Å². The number of carbonyl (C=O) groups is 1. The van der Waals surface area contributed by atoms with Crippen molar-refractivity contribution in [3.63, 3.8) is 0 Å². The van der Waals surface area contributed by atoms with Crippen molar-refractivity contribution in [3.05, 3.63) is 39.7 Å². The third kappa shape index (κ3) is 2.68. The summed E-state index contributed by atoms with van der Waals surface area (Å²) >= 11 is 0. The first kappa shape index (κ1) is 16.4. The molecule has 0 unspecified atom stereocenters. The zero-order valence-electron chi connectivity index (χ0n) is 14.5. The first-order valence-corrected chi connectivity index (χ1v) is 8.76. The zero-order valence-corrected chi connectivity index (χ0v) is 14.5. The van der Waals surface area contributed by atoms with Gasteiger partial charge in [-0.1, -0.05) is 6.92 Å². The van der Waals surface area contributed by atoms with E-state index >= 15 is 0 Å². The molecule has 6 heteroatoms. The molecule has 2 heterocycles. The predicted molar refractivity (Wildman–Crippen MR) is 91.6 cm³/mol. The maximum atomic E-state index is 14.0. The smallest absolute Gasteiger partial charge is 0.261 e. The second-order valence-electron chi connectivity index (χ2n) is 7.42. The fraction of sp³-hybridized carbons (Fsp3) is 0.526. The number of halogens is 1. The molecule has 1 saturated carbocycles. The minimum atomic E-state index is -0.580. The first-order valence-electron chi connectivity index (χ1n) is 8.76. The molecule has 1 saturated heterocycles. The fourth-order valence-corrected chi connectivity index (χ4v) is 3.68. The second-order valence-corrected chi connectivity index (χ2v) is 7.42. The van der Waals surface area contributed by atoms with E-state index in [1.807, 2.05) is 0 Å². The summed E-state index contributed by atoms with van der Waals surface area (Å²) in [6, 6.07) is 2.50. The van der Waals surface area contributed by atoms with Crippen LogP contribution in [0.25, 0.3) is 10.9 Å². The number of nitrogens with zero attached hydrogens (tertiary/aromatic N) is 2. The molecule has 25 heavy (non-hydrogen) atoms. The van der Waals surface area contributed by atoms with Crippen molar-refractivity contribution in [1.29, 1.82) is 0 Å². The Hall–Kier alpha value is -2.08. The summed E-state index contributed by atoms with van der Waals surface area (Å²) in [6.45, 7) is 4.72. The summed E-state index contributed by atoms with van der Waals surface area (Å²) in [7, 11) is 0. The number of ether oxygens (including phenoxy) is 1. The van der Waals surface area contributed by atoms with Crippen LogP contribution in [0.4, 0.5) is 4.39 Å². The maximum Gasteiger partial charge on any atom is 0.261 e. The Kier molecular flexibility index (Phi) is 3.76. The molecule has 132 valence electrons. The topological polar surface area (TPSA) is 61.2 Å². The Bertz CT molecular complexity index is 924. The van der Waals surface area contributed by atoms with Crippen molar-refractivity contribution >= 4 is 16.7 Å². The Balaban J connectivity index is 2.06. The van der Waals surface area contributed by atoms with E-state index in [4.69, 9.17) is 9.72 Å². The summed E-state index contributed by atoms with van der Waals surface area (Å²) in [5.74, 6) is -0.155. The largest absolute Gasteiger partial charge is 0.381 e. The van der Waals surface area contributed by atoms with Crippen LogP contribution in [0, 0.1) is 5.82 Å². The molecule has 1 aliphatic carbocycles. The number of Topliss-reactive ketones (excluding diaryl/α,β-unsaturated/α-hetero) is 1. The van der Waals surface area contributed by atoms with Gasteiger partial charge in [0.15, 0.2) is 5.78 Å². The number of hydrogen-bond acceptors (Lipinski definition) is 4. The number of rotatable bonds is 3. The number of benzene rings is 1. The maximum absolute atomic E-state index is 14.0. The molecule has 0 N–H and O–H groups in total. The van der Waals surface area contributed by atoms with E-state index in [1.165, 1.54) is 19.1 Å². The van der Waals surface area contributed by atoms with Gasteiger partial charge in [-0.2, -0.15) is 0 Å². The molecule has 1 aromatic heterocycles. The quantitative estimate of drug-likeness (QED) is 0.803. The van der Waals surface area contributed by atoms with Crippen LogP contribution in [0.15, 0.2) is 16.9 Å². The van der Waals surface area contributed by atoms with Gasteiger partial charge in [0.2, 0.25) is 0 Å². The van der Waals surface area contributed by atoms with Gasteiger partial charge in [-0.25, -0.2) is 9.37 Å². The van der Waals surface area contributed by atoms with E-state index in [9.17, 15) is 14.0 Å². The number of carbonyl (C=O) groups excluding carboxylic acids is 1. The summed E-state index contributed by atoms with van der Waals surface area (Å²) in [6.07, 6.45) is 3.41. The average Bonchev–Trinajstić information content (AvgIpc) is 3.40. The van der Waals surface area contributed by atoms with Gasteiger partial charge in [-0.15, -0.1) is 0 Å². The molecule has 1 aromatic carbocycles. The van der Waals surface area contributed by atoms with E-state index in [-0.39, 0.29) is 33.7 Å². The normalized spacial score (nSPS) is 20.0. The Morgan fingerprint density at radius 1 is 1.32 bits per heavy atom. The van der Waals surface area contributed by atoms with Crippen LogP contribution >= 0.6 is 0 Å². The van der Waals surface area contributed by atoms with Crippen molar-refractivity contribution in [2.45, 2.75) is 51.0 Å². The van der Waals surface area contributed by atoms with Gasteiger partial charge in [-0.05, 0) is 44.7 Å². The highest BCUT2D eigenvalue weighted by Crippen LogP contribution is 2.40. The van der Waals surface area contributed by atoms with Gasteiger partial charge in [0, 0.05) is 30.2 Å². The highest BCUT2D eigenvalue weighted by atomic mass is 19.1. The van der Waals surface area contributed by atoms with Crippen molar-refractivity contribution < 1.29 is 13.9 Å². The highest BCUT2D eigenvalue weighted by Gasteiger charge is 2.38. The van der Waals surface area contributed by atoms with Crippen molar-refractivity contribution in [1.82, 2.24) is 9.55 Å². The molecule has 0 spiro atoms. The molecule has 2 aromatic rings. The predicted octanol–water partition coefficient (Wildman–Crippen LogP) is 3.14. The second kappa shape index (κ2) is 5.73. The summed E-state index contributed by atoms with van der Waals surface area (Å²) in [5, 5.41) is 0.191. The van der Waals surface area contributed by atoms with Gasteiger partial charge < -0.3 is 4.74 Å². The molecule has 4 rings (SSSR count). The van der Waals surface area contributed by atoms with Crippen LogP contribution in [0.5, 0.6) is 0 Å². The van der Waals surface area contributed by atoms with Crippen LogP contribution in [0.2, 0.25) is 0 Å². The monoisotopic (exact) mass is 344 g/mol. The lowest BCUT2D eigenvalue weighted by atomic mass is 9.81. The fourth-order valence-electron chi connectivity index (χ4n) is 3.68. The minimum Gasteiger partial charge on any atom is -0.381 e. The molecule has 2 fully saturated rings. The van der Waals surface area contributed by atoms with Gasteiger partial charge in [0.05, 0.1) is 10.9 Å². The standard InChI is InChI=1S/C19H21FN2O3/c1-11(23)14-9-12(20)10-15-16(14)21-18(19(2)5-7-25-8-6-19)22(17(15)24)13-3-4-13/h9-10,13H,3-8H2,1-2H3. The Morgan fingerprint density at radius 2 is 2.00 bits per heavy atom. The molecule has 1 aliphatic heterocycles. The summed E-state index contributed by atoms with van der Waals surface area (Å²) < 4.78 is 21.2. The van der Waals surface area contributed by atoms with Crippen LogP contribution < -0.4 is 5.56 Å². The minimum absolute atomic E-state index is 0.128. The van der Waals surface area contributed by atoms with E-state index < -0.39 is 5.82 Å². The highest BCUT2D eigenvalue weighted by molar-refractivity contribution is 6.05. The van der Waals surface area contributed by atoms with E-state index in [0.717, 1.165) is 25.7 Å². The molecule has 0 radical (unpaired) electrons. The van der Waals surface area contributed by atoms with Crippen molar-refractivity contribution in [2.24, 2.45) is 0 Å². The third-order valence-electron chi connectivity index (χ3n) is 5.40.